The molecule has 1 amide bonds. The average Bonchev–Trinajstić information content (AvgIpc) is 3.18. The predicted molar refractivity (Wildman–Crippen MR) is 123 cm³/mol. The Hall–Kier alpha value is -2.03. The maximum absolute atomic E-state index is 12.4. The molecule has 1 N–H and O–H groups in total. The van der Waals surface area contributed by atoms with Crippen LogP contribution in [0, 0.1) is 5.92 Å². The summed E-state index contributed by atoms with van der Waals surface area (Å²) >= 11 is 4.81. The highest BCUT2D eigenvalue weighted by Gasteiger charge is 2.11. The number of ether oxygens (including phenoxy) is 1. The third-order valence-corrected chi connectivity index (χ3v) is 7.02. The quantitative estimate of drug-likeness (QED) is 0.245. The lowest BCUT2D eigenvalue weighted by Crippen LogP contribution is -2.11. The Labute approximate surface area is 183 Å². The number of amides is 1. The largest absolute Gasteiger partial charge is 0.493 e. The molecular weight excluding hydrogens is 422 g/mol. The van der Waals surface area contributed by atoms with E-state index >= 15 is 0 Å². The molecule has 0 saturated heterocycles. The molecule has 0 fully saturated rings. The lowest BCUT2D eigenvalue weighted by Gasteiger charge is -2.07. The Kier molecular flexibility index (Phi) is 8.39. The van der Waals surface area contributed by atoms with Crippen molar-refractivity contribution in [2.24, 2.45) is 5.92 Å². The number of hydrogen-bond acceptors (Lipinski definition) is 7. The van der Waals surface area contributed by atoms with Crippen molar-refractivity contribution in [3.05, 3.63) is 60.2 Å². The van der Waals surface area contributed by atoms with E-state index in [2.05, 4.69) is 41.5 Å². The van der Waals surface area contributed by atoms with Gasteiger partial charge in [-0.25, -0.2) is 0 Å². The molecule has 3 rings (SSSR count). The third kappa shape index (κ3) is 7.38. The summed E-state index contributed by atoms with van der Waals surface area (Å²) in [5.41, 5.74) is 0.558. The molecule has 0 spiro atoms. The van der Waals surface area contributed by atoms with Crippen molar-refractivity contribution in [2.75, 3.05) is 23.4 Å². The number of nitrogens with one attached hydrogen (secondary N) is 1. The van der Waals surface area contributed by atoms with Crippen LogP contribution >= 0.6 is 34.9 Å². The van der Waals surface area contributed by atoms with E-state index in [0.717, 1.165) is 21.6 Å². The van der Waals surface area contributed by atoms with Crippen molar-refractivity contribution in [3.63, 3.8) is 0 Å². The lowest BCUT2D eigenvalue weighted by molar-refractivity contribution is 0.102. The maximum atomic E-state index is 12.4. The fraction of sp³-hybridized carbons (Fsp3) is 0.286. The minimum Gasteiger partial charge on any atom is -0.493 e. The molecule has 0 radical (unpaired) electrons. The van der Waals surface area contributed by atoms with Crippen LogP contribution in [0.2, 0.25) is 0 Å². The van der Waals surface area contributed by atoms with Gasteiger partial charge in [0.05, 0.1) is 6.61 Å². The molecular formula is C21H23N3O2S3. The highest BCUT2D eigenvalue weighted by Crippen LogP contribution is 2.27. The van der Waals surface area contributed by atoms with E-state index in [1.165, 1.54) is 16.2 Å². The van der Waals surface area contributed by atoms with Crippen molar-refractivity contribution < 1.29 is 9.53 Å². The normalized spacial score (nSPS) is 10.9. The molecule has 1 aromatic heterocycles. The molecule has 5 nitrogen and oxygen atoms in total. The summed E-state index contributed by atoms with van der Waals surface area (Å²) in [7, 11) is 0. The van der Waals surface area contributed by atoms with Gasteiger partial charge >= 0.3 is 0 Å². The summed E-state index contributed by atoms with van der Waals surface area (Å²) < 4.78 is 6.62. The van der Waals surface area contributed by atoms with Gasteiger partial charge in [0.2, 0.25) is 5.13 Å². The van der Waals surface area contributed by atoms with Crippen molar-refractivity contribution in [1.82, 2.24) is 10.2 Å². The van der Waals surface area contributed by atoms with Gasteiger partial charge in [-0.3, -0.25) is 10.1 Å². The molecule has 2 aromatic carbocycles. The van der Waals surface area contributed by atoms with E-state index in [0.29, 0.717) is 23.2 Å². The number of rotatable bonds is 10. The van der Waals surface area contributed by atoms with E-state index in [1.54, 1.807) is 35.7 Å². The minimum absolute atomic E-state index is 0.201. The van der Waals surface area contributed by atoms with Crippen LogP contribution in [0.15, 0.2) is 63.8 Å². The fourth-order valence-electron chi connectivity index (χ4n) is 2.26. The van der Waals surface area contributed by atoms with E-state index in [-0.39, 0.29) is 5.91 Å². The summed E-state index contributed by atoms with van der Waals surface area (Å²) in [6, 6.07) is 17.4. The standard InChI is InChI=1S/C21H23N3O2S3/c1-15(2)14-28-21-24-23-20(29-21)22-19(25)16-8-10-17(11-9-16)26-12-13-27-18-6-4-3-5-7-18/h3-11,15H,12-14H2,1-2H3,(H,22,23,25). The van der Waals surface area contributed by atoms with Crippen molar-refractivity contribution in [3.8, 4) is 5.75 Å². The molecule has 3 aromatic rings. The first kappa shape index (κ1) is 21.7. The van der Waals surface area contributed by atoms with Gasteiger partial charge < -0.3 is 4.74 Å². The van der Waals surface area contributed by atoms with E-state index in [1.807, 2.05) is 30.3 Å². The Morgan fingerprint density at radius 3 is 2.55 bits per heavy atom. The Morgan fingerprint density at radius 1 is 1.07 bits per heavy atom. The van der Waals surface area contributed by atoms with Crippen LogP contribution in [-0.4, -0.2) is 34.2 Å². The first-order chi connectivity index (χ1) is 14.1. The van der Waals surface area contributed by atoms with Crippen LogP contribution in [0.4, 0.5) is 5.13 Å². The van der Waals surface area contributed by atoms with Crippen LogP contribution in [0.25, 0.3) is 0 Å². The molecule has 0 atom stereocenters. The van der Waals surface area contributed by atoms with Gasteiger partial charge in [-0.2, -0.15) is 0 Å². The monoisotopic (exact) mass is 445 g/mol. The second-order valence-electron chi connectivity index (χ2n) is 6.57. The smallest absolute Gasteiger partial charge is 0.257 e. The van der Waals surface area contributed by atoms with E-state index < -0.39 is 0 Å². The molecule has 1 heterocycles. The van der Waals surface area contributed by atoms with Crippen LogP contribution < -0.4 is 10.1 Å². The average molecular weight is 446 g/mol. The summed E-state index contributed by atoms with van der Waals surface area (Å²) in [4.78, 5) is 13.6. The number of thioether (sulfide) groups is 2. The number of aromatic nitrogens is 2. The molecule has 152 valence electrons. The highest BCUT2D eigenvalue weighted by atomic mass is 32.2. The Balaban J connectivity index is 1.43. The molecule has 0 aliphatic heterocycles. The minimum atomic E-state index is -0.201. The fourth-order valence-corrected chi connectivity index (χ4v) is 4.74. The summed E-state index contributed by atoms with van der Waals surface area (Å²) in [6.07, 6.45) is 0. The van der Waals surface area contributed by atoms with Gasteiger partial charge in [0, 0.05) is 22.0 Å². The summed E-state index contributed by atoms with van der Waals surface area (Å²) in [6.45, 7) is 4.92. The zero-order chi connectivity index (χ0) is 20.5. The van der Waals surface area contributed by atoms with Crippen LogP contribution in [0.1, 0.15) is 24.2 Å². The second-order valence-corrected chi connectivity index (χ2v) is 9.98. The number of anilines is 1. The number of benzene rings is 2. The van der Waals surface area contributed by atoms with Gasteiger partial charge in [0.25, 0.3) is 5.91 Å². The van der Waals surface area contributed by atoms with Gasteiger partial charge in [0.1, 0.15) is 5.75 Å². The molecule has 8 heteroatoms. The number of nitrogens with zero attached hydrogens (tertiary/aromatic N) is 2. The number of carbonyl (C=O) groups excluding carboxylic acids is 1. The molecule has 0 saturated carbocycles. The van der Waals surface area contributed by atoms with Gasteiger partial charge in [-0.1, -0.05) is 55.1 Å². The molecule has 0 unspecified atom stereocenters. The van der Waals surface area contributed by atoms with Crippen molar-refractivity contribution >= 4 is 45.9 Å². The Morgan fingerprint density at radius 2 is 1.83 bits per heavy atom. The number of hydrogen-bond donors (Lipinski definition) is 1. The molecule has 0 aliphatic carbocycles. The SMILES string of the molecule is CC(C)CSc1nnc(NC(=O)c2ccc(OCCSc3ccccc3)cc2)s1. The lowest BCUT2D eigenvalue weighted by atomic mass is 10.2. The topological polar surface area (TPSA) is 64.1 Å². The zero-order valence-corrected chi connectivity index (χ0v) is 18.8. The van der Waals surface area contributed by atoms with Crippen LogP contribution in [-0.2, 0) is 0 Å². The van der Waals surface area contributed by atoms with Gasteiger partial charge in [-0.15, -0.1) is 22.0 Å². The third-order valence-electron chi connectivity index (χ3n) is 3.65. The molecule has 0 bridgehead atoms. The maximum Gasteiger partial charge on any atom is 0.257 e. The molecule has 0 aliphatic rings. The second kappa shape index (κ2) is 11.2. The number of carbonyl (C=O) groups is 1. The van der Waals surface area contributed by atoms with Gasteiger partial charge in [0.15, 0.2) is 4.34 Å². The highest BCUT2D eigenvalue weighted by molar-refractivity contribution is 8.01. The van der Waals surface area contributed by atoms with Crippen LogP contribution in [0.5, 0.6) is 5.75 Å². The molecule has 29 heavy (non-hydrogen) atoms. The van der Waals surface area contributed by atoms with E-state index in [9.17, 15) is 4.79 Å². The van der Waals surface area contributed by atoms with E-state index in [4.69, 9.17) is 4.74 Å². The van der Waals surface area contributed by atoms with Crippen molar-refractivity contribution in [2.45, 2.75) is 23.1 Å². The Bertz CT molecular complexity index is 899. The first-order valence-electron chi connectivity index (χ1n) is 9.28. The van der Waals surface area contributed by atoms with Crippen molar-refractivity contribution in [1.29, 1.82) is 0 Å². The van der Waals surface area contributed by atoms with Crippen LogP contribution in [0.3, 0.4) is 0 Å². The first-order valence-corrected chi connectivity index (χ1v) is 12.1. The zero-order valence-electron chi connectivity index (χ0n) is 16.3. The predicted octanol–water partition coefficient (Wildman–Crippen LogP) is 5.71. The summed E-state index contributed by atoms with van der Waals surface area (Å²) in [5, 5.41) is 11.5. The summed E-state index contributed by atoms with van der Waals surface area (Å²) in [5.74, 6) is 2.97. The van der Waals surface area contributed by atoms with Gasteiger partial charge in [-0.05, 0) is 42.3 Å².